The zero-order valence-electron chi connectivity index (χ0n) is 24.6. The molecule has 1 aliphatic rings. The van der Waals surface area contributed by atoms with Crippen molar-refractivity contribution in [2.75, 3.05) is 0 Å². The molecule has 45 heavy (non-hydrogen) atoms. The fraction of sp³-hybridized carbons (Fsp3) is 0.0465. The minimum Gasteiger partial charge on any atom is -0.309 e. The lowest BCUT2D eigenvalue weighted by atomic mass is 9.75. The van der Waals surface area contributed by atoms with Crippen LogP contribution in [0.15, 0.2) is 152 Å². The number of rotatable bonds is 3. The summed E-state index contributed by atoms with van der Waals surface area (Å²) in [7, 11) is 0. The topological polar surface area (TPSA) is 28.7 Å². The summed E-state index contributed by atoms with van der Waals surface area (Å²) in [6.07, 6.45) is 0.985. The van der Waals surface area contributed by atoms with Crippen LogP contribution in [-0.2, 0) is 6.42 Å². The number of hydrogen-bond donors (Lipinski definition) is 0. The second kappa shape index (κ2) is 10.1. The second-order valence-corrected chi connectivity index (χ2v) is 12.1. The summed E-state index contributed by atoms with van der Waals surface area (Å²) in [6, 6.07) is 57.0. The number of fused-ring (bicyclic) bond motifs is 7. The summed E-state index contributed by atoms with van der Waals surface area (Å²) in [6.45, 7) is 0. The van der Waals surface area contributed by atoms with Crippen molar-refractivity contribution in [3.05, 3.63) is 174 Å². The SMILES string of the molecule is N#Cc1cccc(-n2c3ccccc3c3cc(-c4ccc5c(c4)-c4ccccc4C(c4ccc6ccccc6c4)C5)ccc32)c1. The molecule has 0 aliphatic heterocycles. The van der Waals surface area contributed by atoms with Crippen molar-refractivity contribution < 1.29 is 0 Å². The van der Waals surface area contributed by atoms with Gasteiger partial charge in [-0.25, -0.2) is 0 Å². The van der Waals surface area contributed by atoms with Crippen molar-refractivity contribution in [2.24, 2.45) is 0 Å². The van der Waals surface area contributed by atoms with Crippen LogP contribution in [0.4, 0.5) is 0 Å². The Hall–Kier alpha value is -5.91. The lowest BCUT2D eigenvalue weighted by Gasteiger charge is -2.29. The molecule has 0 saturated carbocycles. The molecule has 2 heteroatoms. The Labute approximate surface area is 262 Å². The van der Waals surface area contributed by atoms with E-state index in [0.29, 0.717) is 11.5 Å². The van der Waals surface area contributed by atoms with E-state index >= 15 is 0 Å². The summed E-state index contributed by atoms with van der Waals surface area (Å²) in [4.78, 5) is 0. The van der Waals surface area contributed by atoms with Crippen LogP contribution >= 0.6 is 0 Å². The van der Waals surface area contributed by atoms with Crippen LogP contribution in [0.2, 0.25) is 0 Å². The molecule has 7 aromatic carbocycles. The molecule has 210 valence electrons. The first-order valence-electron chi connectivity index (χ1n) is 15.5. The smallest absolute Gasteiger partial charge is 0.0992 e. The van der Waals surface area contributed by atoms with Crippen molar-refractivity contribution >= 4 is 32.6 Å². The molecule has 0 N–H and O–H groups in total. The Morgan fingerprint density at radius 2 is 1.33 bits per heavy atom. The highest BCUT2D eigenvalue weighted by molar-refractivity contribution is 6.10. The highest BCUT2D eigenvalue weighted by Crippen LogP contribution is 2.45. The van der Waals surface area contributed by atoms with Gasteiger partial charge in [0.2, 0.25) is 0 Å². The Morgan fingerprint density at radius 1 is 0.556 bits per heavy atom. The molecule has 0 fully saturated rings. The van der Waals surface area contributed by atoms with E-state index < -0.39 is 0 Å². The molecule has 1 atom stereocenters. The van der Waals surface area contributed by atoms with E-state index in [4.69, 9.17) is 0 Å². The van der Waals surface area contributed by atoms with E-state index in [1.807, 2.05) is 18.2 Å². The zero-order chi connectivity index (χ0) is 29.9. The third kappa shape index (κ3) is 4.09. The average Bonchev–Trinajstić information content (AvgIpc) is 3.44. The van der Waals surface area contributed by atoms with Gasteiger partial charge in [0.1, 0.15) is 0 Å². The molecule has 1 heterocycles. The van der Waals surface area contributed by atoms with Crippen molar-refractivity contribution in [3.8, 4) is 34.0 Å². The van der Waals surface area contributed by atoms with Gasteiger partial charge >= 0.3 is 0 Å². The van der Waals surface area contributed by atoms with Gasteiger partial charge in [0.05, 0.1) is 22.7 Å². The summed E-state index contributed by atoms with van der Waals surface area (Å²) in [5, 5.41) is 14.5. The van der Waals surface area contributed by atoms with Crippen LogP contribution in [-0.4, -0.2) is 4.57 Å². The van der Waals surface area contributed by atoms with E-state index in [1.165, 1.54) is 60.5 Å². The molecule has 1 unspecified atom stereocenters. The number of benzene rings is 7. The molecule has 2 nitrogen and oxygen atoms in total. The molecule has 0 spiro atoms. The van der Waals surface area contributed by atoms with Crippen molar-refractivity contribution in [1.82, 2.24) is 4.57 Å². The first-order chi connectivity index (χ1) is 22.2. The minimum atomic E-state index is 0.325. The van der Waals surface area contributed by atoms with Gasteiger partial charge in [-0.15, -0.1) is 0 Å². The molecule has 0 saturated heterocycles. The Kier molecular flexibility index (Phi) is 5.73. The molecule has 0 bridgehead atoms. The van der Waals surface area contributed by atoms with Gasteiger partial charge in [0.15, 0.2) is 0 Å². The normalized spacial score (nSPS) is 13.9. The van der Waals surface area contributed by atoms with Gasteiger partial charge < -0.3 is 4.57 Å². The monoisotopic (exact) mass is 572 g/mol. The highest BCUT2D eigenvalue weighted by atomic mass is 15.0. The maximum Gasteiger partial charge on any atom is 0.0992 e. The van der Waals surface area contributed by atoms with Crippen LogP contribution in [0.25, 0.3) is 60.5 Å². The van der Waals surface area contributed by atoms with Crippen molar-refractivity contribution in [3.63, 3.8) is 0 Å². The third-order valence-electron chi connectivity index (χ3n) is 9.58. The van der Waals surface area contributed by atoms with Gasteiger partial charge in [-0.1, -0.05) is 109 Å². The Balaban J connectivity index is 1.16. The van der Waals surface area contributed by atoms with E-state index in [0.717, 1.165) is 23.1 Å². The van der Waals surface area contributed by atoms with E-state index in [-0.39, 0.29) is 0 Å². The molecule has 0 amide bonds. The van der Waals surface area contributed by atoms with E-state index in [2.05, 4.69) is 144 Å². The van der Waals surface area contributed by atoms with Crippen molar-refractivity contribution in [2.45, 2.75) is 12.3 Å². The van der Waals surface area contributed by atoms with Crippen LogP contribution in [0.1, 0.15) is 28.2 Å². The molecular weight excluding hydrogens is 544 g/mol. The largest absolute Gasteiger partial charge is 0.309 e. The summed E-state index contributed by atoms with van der Waals surface area (Å²) in [5.74, 6) is 0.325. The predicted octanol–water partition coefficient (Wildman–Crippen LogP) is 10.8. The quantitative estimate of drug-likeness (QED) is 0.207. The molecule has 8 aromatic rings. The maximum absolute atomic E-state index is 9.55. The lowest BCUT2D eigenvalue weighted by molar-refractivity contribution is 0.795. The van der Waals surface area contributed by atoms with Gasteiger partial charge in [0, 0.05) is 22.4 Å². The standard InChI is InChI=1S/C43H28N2/c44-27-28-8-7-11-35(22-28)45-42-15-6-5-14-38(42)41-25-32(20-21-43(41)45)31-17-19-34-26-40(37-13-4-3-12-36(37)39(34)24-31)33-18-16-29-9-1-2-10-30(29)23-33/h1-25,40H,26H2. The van der Waals surface area contributed by atoms with Gasteiger partial charge in [-0.2, -0.15) is 5.26 Å². The van der Waals surface area contributed by atoms with Crippen LogP contribution < -0.4 is 0 Å². The van der Waals surface area contributed by atoms with Crippen LogP contribution in [0.3, 0.4) is 0 Å². The lowest BCUT2D eigenvalue weighted by Crippen LogP contribution is -2.12. The number of para-hydroxylation sites is 1. The summed E-state index contributed by atoms with van der Waals surface area (Å²) in [5.41, 5.74) is 13.2. The first-order valence-corrected chi connectivity index (χ1v) is 15.5. The summed E-state index contributed by atoms with van der Waals surface area (Å²) >= 11 is 0. The molecule has 0 radical (unpaired) electrons. The Bertz CT molecular complexity index is 2490. The highest BCUT2D eigenvalue weighted by Gasteiger charge is 2.26. The fourth-order valence-corrected chi connectivity index (χ4v) is 7.43. The Morgan fingerprint density at radius 3 is 2.27 bits per heavy atom. The second-order valence-electron chi connectivity index (χ2n) is 12.1. The van der Waals surface area contributed by atoms with E-state index in [1.54, 1.807) is 0 Å². The predicted molar refractivity (Wildman–Crippen MR) is 186 cm³/mol. The fourth-order valence-electron chi connectivity index (χ4n) is 7.43. The van der Waals surface area contributed by atoms with Crippen LogP contribution in [0.5, 0.6) is 0 Å². The first kappa shape index (κ1) is 25.6. The zero-order valence-corrected chi connectivity index (χ0v) is 24.6. The van der Waals surface area contributed by atoms with Crippen LogP contribution in [0, 0.1) is 11.3 Å². The maximum atomic E-state index is 9.55. The third-order valence-corrected chi connectivity index (χ3v) is 9.58. The number of nitrogens with zero attached hydrogens (tertiary/aromatic N) is 2. The molecule has 9 rings (SSSR count). The number of nitriles is 1. The number of aromatic nitrogens is 1. The number of hydrogen-bond acceptors (Lipinski definition) is 1. The molecule has 1 aromatic heterocycles. The van der Waals surface area contributed by atoms with Gasteiger partial charge in [-0.3, -0.25) is 0 Å². The van der Waals surface area contributed by atoms with E-state index in [9.17, 15) is 5.26 Å². The van der Waals surface area contributed by atoms with Gasteiger partial charge in [0.25, 0.3) is 0 Å². The van der Waals surface area contributed by atoms with Gasteiger partial charge in [-0.05, 0) is 98.6 Å². The average molecular weight is 573 g/mol. The molecular formula is C43H28N2. The van der Waals surface area contributed by atoms with Crippen molar-refractivity contribution in [1.29, 1.82) is 5.26 Å². The summed E-state index contributed by atoms with van der Waals surface area (Å²) < 4.78 is 2.27. The molecule has 1 aliphatic carbocycles. The minimum absolute atomic E-state index is 0.325.